The molecule has 222 valence electrons. The maximum atomic E-state index is 7.11. The number of hydrogen-bond donors (Lipinski definition) is 0. The van der Waals surface area contributed by atoms with Crippen LogP contribution >= 0.6 is 56.8 Å². The molecule has 0 aromatic heterocycles. The number of nitrogens with zero attached hydrogens (tertiary/aromatic N) is 2. The highest BCUT2D eigenvalue weighted by Crippen LogP contribution is 2.49. The average molecular weight is 806 g/mol. The maximum Gasteiger partial charge on any atom is 0.209 e. The summed E-state index contributed by atoms with van der Waals surface area (Å²) in [6.45, 7) is 16.1. The lowest BCUT2D eigenvalue weighted by molar-refractivity contribution is -0.438. The van der Waals surface area contributed by atoms with Gasteiger partial charge in [0.05, 0.1) is 5.41 Å². The Hall–Kier alpha value is -1.38. The number of anilines is 1. The van der Waals surface area contributed by atoms with Crippen molar-refractivity contribution in [2.45, 2.75) is 90.9 Å². The normalized spacial score (nSPS) is 21.0. The van der Waals surface area contributed by atoms with Crippen LogP contribution in [0, 0.1) is 7.14 Å². The summed E-state index contributed by atoms with van der Waals surface area (Å²) in [5, 5.41) is 0.926. The Morgan fingerprint density at radius 1 is 0.857 bits per heavy atom. The summed E-state index contributed by atoms with van der Waals surface area (Å²) in [5.74, 6) is 0. The molecule has 5 heteroatoms. The van der Waals surface area contributed by atoms with Crippen molar-refractivity contribution < 1.29 is 4.58 Å². The van der Waals surface area contributed by atoms with Crippen LogP contribution in [-0.2, 0) is 10.8 Å². The predicted molar refractivity (Wildman–Crippen MR) is 199 cm³/mol. The Labute approximate surface area is 286 Å². The molecular weight excluding hydrogens is 762 g/mol. The van der Waals surface area contributed by atoms with Crippen molar-refractivity contribution in [3.8, 4) is 0 Å². The zero-order valence-electron chi connectivity index (χ0n) is 26.0. The number of fused-ring (bicyclic) bond motifs is 2. The number of unbranched alkanes of at least 4 members (excludes halogenated alkanes) is 2. The van der Waals surface area contributed by atoms with Crippen LogP contribution in [0.4, 0.5) is 11.4 Å². The van der Waals surface area contributed by atoms with E-state index in [1.807, 2.05) is 0 Å². The lowest BCUT2D eigenvalue weighted by Gasteiger charge is -2.27. The molecule has 0 saturated carbocycles. The van der Waals surface area contributed by atoms with Gasteiger partial charge in [0, 0.05) is 59.6 Å². The van der Waals surface area contributed by atoms with E-state index in [9.17, 15) is 0 Å². The zero-order valence-corrected chi connectivity index (χ0v) is 31.0. The van der Waals surface area contributed by atoms with Gasteiger partial charge in [-0.2, -0.15) is 4.58 Å². The van der Waals surface area contributed by atoms with E-state index in [-0.39, 0.29) is 10.8 Å². The Bertz CT molecular complexity index is 1540. The second-order valence-corrected chi connectivity index (χ2v) is 15.8. The zero-order chi connectivity index (χ0) is 30.2. The van der Waals surface area contributed by atoms with Crippen LogP contribution in [0.25, 0.3) is 0 Å². The first-order valence-electron chi connectivity index (χ1n) is 15.5. The van der Waals surface area contributed by atoms with Crippen molar-refractivity contribution in [2.24, 2.45) is 0 Å². The molecule has 2 aromatic rings. The molecule has 2 nitrogen and oxygen atoms in total. The molecule has 2 aliphatic heterocycles. The van der Waals surface area contributed by atoms with Crippen LogP contribution in [0.3, 0.4) is 0 Å². The molecule has 0 saturated heterocycles. The molecule has 5 rings (SSSR count). The summed E-state index contributed by atoms with van der Waals surface area (Å²) in [6, 6.07) is 13.8. The Morgan fingerprint density at radius 3 is 2.26 bits per heavy atom. The number of rotatable bonds is 9. The summed E-state index contributed by atoms with van der Waals surface area (Å²) in [5.41, 5.74) is 10.7. The van der Waals surface area contributed by atoms with Crippen molar-refractivity contribution >= 4 is 73.9 Å². The molecule has 0 spiro atoms. The number of hydrogen-bond acceptors (Lipinski definition) is 1. The second kappa shape index (κ2) is 12.9. The van der Waals surface area contributed by atoms with Gasteiger partial charge in [-0.1, -0.05) is 64.3 Å². The topological polar surface area (TPSA) is 6.25 Å². The summed E-state index contributed by atoms with van der Waals surface area (Å²) in [7, 11) is 0. The molecule has 0 fully saturated rings. The van der Waals surface area contributed by atoms with Gasteiger partial charge in [0.25, 0.3) is 0 Å². The monoisotopic (exact) mass is 805 g/mol. The van der Waals surface area contributed by atoms with Crippen LogP contribution < -0.4 is 4.90 Å². The van der Waals surface area contributed by atoms with Crippen molar-refractivity contribution in [1.82, 2.24) is 0 Å². The van der Waals surface area contributed by atoms with Crippen LogP contribution in [-0.4, -0.2) is 23.4 Å². The molecule has 2 aromatic carbocycles. The van der Waals surface area contributed by atoms with E-state index in [4.69, 9.17) is 11.6 Å². The summed E-state index contributed by atoms with van der Waals surface area (Å²) in [6.07, 6.45) is 16.0. The smallest absolute Gasteiger partial charge is 0.209 e. The fraction of sp³-hybridized carbons (Fsp3) is 0.432. The largest absolute Gasteiger partial charge is 0.344 e. The summed E-state index contributed by atoms with van der Waals surface area (Å²) < 4.78 is 5.13. The van der Waals surface area contributed by atoms with Crippen molar-refractivity contribution in [3.63, 3.8) is 0 Å². The first-order chi connectivity index (χ1) is 20.0. The molecule has 42 heavy (non-hydrogen) atoms. The molecule has 1 aliphatic carbocycles. The van der Waals surface area contributed by atoms with Crippen LogP contribution in [0.1, 0.15) is 91.2 Å². The first-order valence-corrected chi connectivity index (χ1v) is 18.0. The Kier molecular flexibility index (Phi) is 9.85. The highest BCUT2D eigenvalue weighted by molar-refractivity contribution is 14.1. The van der Waals surface area contributed by atoms with E-state index < -0.39 is 0 Å². The molecule has 3 aliphatic rings. The minimum absolute atomic E-state index is 0.0433. The minimum atomic E-state index is -0.0433. The predicted octanol–water partition coefficient (Wildman–Crippen LogP) is 11.3. The molecule has 2 heterocycles. The van der Waals surface area contributed by atoms with Gasteiger partial charge in [-0.15, -0.1) is 0 Å². The van der Waals surface area contributed by atoms with Crippen LogP contribution in [0.2, 0.25) is 0 Å². The molecule has 0 radical (unpaired) electrons. The summed E-state index contributed by atoms with van der Waals surface area (Å²) in [4.78, 5) is 2.54. The molecule has 0 atom stereocenters. The fourth-order valence-corrected chi connectivity index (χ4v) is 8.07. The van der Waals surface area contributed by atoms with E-state index >= 15 is 0 Å². The third-order valence-corrected chi connectivity index (χ3v) is 11.1. The van der Waals surface area contributed by atoms with Gasteiger partial charge in [0.15, 0.2) is 5.71 Å². The van der Waals surface area contributed by atoms with Gasteiger partial charge in [-0.05, 0) is 131 Å². The number of allylic oxidation sites excluding steroid dienone is 8. The van der Waals surface area contributed by atoms with E-state index in [1.165, 1.54) is 77.9 Å². The van der Waals surface area contributed by atoms with Gasteiger partial charge in [-0.3, -0.25) is 0 Å². The third kappa shape index (κ3) is 5.98. The SMILES string of the molecule is CCCCN1/C(=C/C=C2\CCC(/C=C/C3=[N+](CCCC)c4ccc(I)cc4C3(C)C)=C2Cl)C(C)(C)c2cc(I)ccc21. The van der Waals surface area contributed by atoms with Crippen molar-refractivity contribution in [3.05, 3.63) is 101 Å². The molecule has 0 amide bonds. The van der Waals surface area contributed by atoms with E-state index in [2.05, 4.69) is 157 Å². The van der Waals surface area contributed by atoms with Gasteiger partial charge in [0.2, 0.25) is 5.69 Å². The number of halogens is 3. The third-order valence-electron chi connectivity index (χ3n) is 9.29. The lowest BCUT2D eigenvalue weighted by Crippen LogP contribution is -2.28. The van der Waals surface area contributed by atoms with Crippen molar-refractivity contribution in [2.75, 3.05) is 18.0 Å². The van der Waals surface area contributed by atoms with Crippen LogP contribution in [0.5, 0.6) is 0 Å². The van der Waals surface area contributed by atoms with Gasteiger partial charge >= 0.3 is 0 Å². The summed E-state index contributed by atoms with van der Waals surface area (Å²) >= 11 is 12.0. The highest BCUT2D eigenvalue weighted by Gasteiger charge is 2.44. The van der Waals surface area contributed by atoms with Gasteiger partial charge in [0.1, 0.15) is 6.54 Å². The second-order valence-electron chi connectivity index (χ2n) is 12.9. The highest BCUT2D eigenvalue weighted by atomic mass is 127. The first kappa shape index (κ1) is 32.0. The Morgan fingerprint density at radius 2 is 1.55 bits per heavy atom. The molecule has 0 N–H and O–H groups in total. The lowest BCUT2D eigenvalue weighted by atomic mass is 9.81. The standard InChI is InChI=1S/C37H44ClI2N2/c1-7-9-21-41-31-17-15-27(39)23-29(31)36(3,4)33(41)19-13-25-11-12-26(35(25)38)14-20-34-37(5,6)30-24-28(40)16-18-32(30)42(34)22-10-8-2/h13-20,23-24H,7-12,21-22H2,1-6H3/q+1. The van der Waals surface area contributed by atoms with E-state index in [0.29, 0.717) is 0 Å². The average Bonchev–Trinajstić information content (AvgIpc) is 3.48. The number of benzene rings is 2. The fourth-order valence-electron chi connectivity index (χ4n) is 6.78. The maximum absolute atomic E-state index is 7.11. The molecule has 0 unspecified atom stereocenters. The van der Waals surface area contributed by atoms with Crippen molar-refractivity contribution in [1.29, 1.82) is 0 Å². The molecular formula is C37H44ClI2N2+. The minimum Gasteiger partial charge on any atom is -0.344 e. The molecule has 0 bridgehead atoms. The quantitative estimate of drug-likeness (QED) is 0.181. The van der Waals surface area contributed by atoms with Crippen LogP contribution in [0.15, 0.2) is 82.6 Å². The van der Waals surface area contributed by atoms with E-state index in [1.54, 1.807) is 0 Å². The van der Waals surface area contributed by atoms with Gasteiger partial charge in [-0.25, -0.2) is 0 Å². The Balaban J connectivity index is 1.47. The van der Waals surface area contributed by atoms with Gasteiger partial charge < -0.3 is 4.90 Å². The van der Waals surface area contributed by atoms with E-state index in [0.717, 1.165) is 31.0 Å².